The van der Waals surface area contributed by atoms with Crippen LogP contribution in [-0.4, -0.2) is 11.7 Å². The molecule has 0 amide bonds. The summed E-state index contributed by atoms with van der Waals surface area (Å²) in [6, 6.07) is 4.04. The van der Waals surface area contributed by atoms with Crippen LogP contribution < -0.4 is 0 Å². The Morgan fingerprint density at radius 1 is 1.58 bits per heavy atom. The predicted molar refractivity (Wildman–Crippen MR) is 47.1 cm³/mol. The first-order valence-corrected chi connectivity index (χ1v) is 4.54. The zero-order valence-corrected chi connectivity index (χ0v) is 7.16. The highest BCUT2D eigenvalue weighted by Crippen LogP contribution is 2.29. The van der Waals surface area contributed by atoms with Crippen molar-refractivity contribution in [3.8, 4) is 0 Å². The highest BCUT2D eigenvalue weighted by Gasteiger charge is 2.14. The minimum Gasteiger partial charge on any atom is -0.390 e. The lowest BCUT2D eigenvalue weighted by molar-refractivity contribution is 0.329. The fourth-order valence-corrected chi connectivity index (χ4v) is 1.79. The first-order chi connectivity index (χ1) is 5.90. The van der Waals surface area contributed by atoms with E-state index in [2.05, 4.69) is 10.2 Å². The van der Waals surface area contributed by atoms with E-state index in [4.69, 9.17) is 5.11 Å². The van der Waals surface area contributed by atoms with E-state index in [0.717, 1.165) is 0 Å². The molecule has 3 nitrogen and oxygen atoms in total. The van der Waals surface area contributed by atoms with Crippen molar-refractivity contribution in [2.45, 2.75) is 6.04 Å². The summed E-state index contributed by atoms with van der Waals surface area (Å²) in [5.41, 5.74) is 0.661. The average molecular weight is 180 g/mol. The Kier molecular flexibility index (Phi) is 2.01. The molecule has 0 aliphatic carbocycles. The molecule has 0 spiro atoms. The fourth-order valence-electron chi connectivity index (χ4n) is 1.07. The molecular weight excluding hydrogens is 172 g/mol. The van der Waals surface area contributed by atoms with Crippen molar-refractivity contribution in [3.05, 3.63) is 34.2 Å². The molecule has 1 aliphatic heterocycles. The first-order valence-electron chi connectivity index (χ1n) is 3.66. The van der Waals surface area contributed by atoms with Crippen LogP contribution >= 0.6 is 11.3 Å². The maximum Gasteiger partial charge on any atom is 0.126 e. The summed E-state index contributed by atoms with van der Waals surface area (Å²) in [7, 11) is 0. The molecule has 0 aromatic carbocycles. The number of rotatable bonds is 2. The second kappa shape index (κ2) is 3.16. The van der Waals surface area contributed by atoms with E-state index in [1.165, 1.54) is 4.88 Å². The number of thiophene rings is 1. The molecule has 0 fully saturated rings. The number of hydrogen-bond donors (Lipinski definition) is 1. The number of aliphatic hydroxyl groups excluding tert-OH is 1. The lowest BCUT2D eigenvalue weighted by Gasteiger charge is -1.95. The Balaban J connectivity index is 2.20. The van der Waals surface area contributed by atoms with Crippen molar-refractivity contribution in [2.24, 2.45) is 10.2 Å². The molecule has 0 radical (unpaired) electrons. The third-order valence-corrected chi connectivity index (χ3v) is 2.60. The second-order valence-corrected chi connectivity index (χ2v) is 3.47. The van der Waals surface area contributed by atoms with E-state index in [0.29, 0.717) is 5.70 Å². The summed E-state index contributed by atoms with van der Waals surface area (Å²) >= 11 is 1.65. The van der Waals surface area contributed by atoms with Gasteiger partial charge in [0.05, 0.1) is 12.3 Å². The van der Waals surface area contributed by atoms with Gasteiger partial charge in [-0.1, -0.05) is 6.07 Å². The minimum absolute atomic E-state index is 0.0224. The maximum absolute atomic E-state index is 8.76. The molecule has 1 aromatic rings. The van der Waals surface area contributed by atoms with Gasteiger partial charge in [-0.05, 0) is 17.5 Å². The van der Waals surface area contributed by atoms with Crippen LogP contribution in [0.5, 0.6) is 0 Å². The summed E-state index contributed by atoms with van der Waals surface area (Å²) in [6.07, 6.45) is 1.88. The largest absolute Gasteiger partial charge is 0.390 e. The molecule has 0 saturated carbocycles. The van der Waals surface area contributed by atoms with Crippen LogP contribution in [0.3, 0.4) is 0 Å². The second-order valence-electron chi connectivity index (χ2n) is 2.49. The lowest BCUT2D eigenvalue weighted by atomic mass is 10.2. The van der Waals surface area contributed by atoms with Crippen molar-refractivity contribution in [1.29, 1.82) is 0 Å². The summed E-state index contributed by atoms with van der Waals surface area (Å²) < 4.78 is 0. The fraction of sp³-hybridized carbons (Fsp3) is 0.250. The van der Waals surface area contributed by atoms with Crippen LogP contribution in [0.15, 0.2) is 39.5 Å². The minimum atomic E-state index is -0.0224. The number of azo groups is 1. The van der Waals surface area contributed by atoms with Gasteiger partial charge in [0.1, 0.15) is 6.04 Å². The van der Waals surface area contributed by atoms with Gasteiger partial charge in [0.25, 0.3) is 0 Å². The SMILES string of the molecule is OCC1=C[C@@H](c2cccs2)N=N1. The van der Waals surface area contributed by atoms with E-state index in [-0.39, 0.29) is 12.6 Å². The van der Waals surface area contributed by atoms with E-state index < -0.39 is 0 Å². The van der Waals surface area contributed by atoms with Gasteiger partial charge in [0, 0.05) is 4.88 Å². The molecule has 0 saturated heterocycles. The van der Waals surface area contributed by atoms with Gasteiger partial charge in [-0.25, -0.2) is 0 Å². The summed E-state index contributed by atoms with van der Waals surface area (Å²) in [6.45, 7) is -0.0224. The van der Waals surface area contributed by atoms with Crippen molar-refractivity contribution in [2.75, 3.05) is 6.61 Å². The van der Waals surface area contributed by atoms with Gasteiger partial charge in [-0.2, -0.15) is 10.2 Å². The highest BCUT2D eigenvalue weighted by atomic mass is 32.1. The van der Waals surface area contributed by atoms with Crippen LogP contribution in [0.2, 0.25) is 0 Å². The Morgan fingerprint density at radius 2 is 2.50 bits per heavy atom. The molecule has 2 rings (SSSR count). The maximum atomic E-state index is 8.76. The van der Waals surface area contributed by atoms with Crippen LogP contribution in [0, 0.1) is 0 Å². The van der Waals surface area contributed by atoms with Crippen molar-refractivity contribution < 1.29 is 5.11 Å². The molecule has 1 aliphatic rings. The number of aliphatic hydroxyl groups is 1. The molecule has 0 unspecified atom stereocenters. The Labute approximate surface area is 74.1 Å². The van der Waals surface area contributed by atoms with Crippen molar-refractivity contribution >= 4 is 11.3 Å². The Hall–Kier alpha value is -1.00. The van der Waals surface area contributed by atoms with Crippen LogP contribution in [0.25, 0.3) is 0 Å². The van der Waals surface area contributed by atoms with Gasteiger partial charge in [0.2, 0.25) is 0 Å². The zero-order valence-electron chi connectivity index (χ0n) is 6.34. The monoisotopic (exact) mass is 180 g/mol. The molecule has 1 N–H and O–H groups in total. The molecule has 1 aromatic heterocycles. The molecule has 2 heterocycles. The Morgan fingerprint density at radius 3 is 3.08 bits per heavy atom. The molecule has 0 bridgehead atoms. The van der Waals surface area contributed by atoms with E-state index in [1.54, 1.807) is 11.3 Å². The topological polar surface area (TPSA) is 45.0 Å². The molecule has 4 heteroatoms. The first kappa shape index (κ1) is 7.64. The smallest absolute Gasteiger partial charge is 0.126 e. The summed E-state index contributed by atoms with van der Waals surface area (Å²) in [4.78, 5) is 1.17. The van der Waals surface area contributed by atoms with E-state index in [9.17, 15) is 0 Å². The molecule has 1 atom stereocenters. The quantitative estimate of drug-likeness (QED) is 0.744. The van der Waals surface area contributed by atoms with Gasteiger partial charge in [-0.3, -0.25) is 0 Å². The van der Waals surface area contributed by atoms with Gasteiger partial charge in [-0.15, -0.1) is 11.3 Å². The normalized spacial score (nSPS) is 21.4. The van der Waals surface area contributed by atoms with Crippen LogP contribution in [0.1, 0.15) is 10.9 Å². The standard InChI is InChI=1S/C8H8N2OS/c11-5-6-4-7(10-9-6)8-2-1-3-12-8/h1-4,7,11H,5H2/t7-/m0/s1. The molecule has 12 heavy (non-hydrogen) atoms. The van der Waals surface area contributed by atoms with Gasteiger partial charge >= 0.3 is 0 Å². The summed E-state index contributed by atoms with van der Waals surface area (Å²) in [5.74, 6) is 0. The van der Waals surface area contributed by atoms with E-state index >= 15 is 0 Å². The van der Waals surface area contributed by atoms with Crippen LogP contribution in [0.4, 0.5) is 0 Å². The predicted octanol–water partition coefficient (Wildman–Crippen LogP) is 2.13. The number of nitrogens with zero attached hydrogens (tertiary/aromatic N) is 2. The van der Waals surface area contributed by atoms with Crippen LogP contribution in [-0.2, 0) is 0 Å². The lowest BCUT2D eigenvalue weighted by Crippen LogP contribution is -1.84. The number of hydrogen-bond acceptors (Lipinski definition) is 4. The third-order valence-electron chi connectivity index (χ3n) is 1.66. The van der Waals surface area contributed by atoms with Gasteiger partial charge in [0.15, 0.2) is 0 Å². The van der Waals surface area contributed by atoms with Crippen molar-refractivity contribution in [1.82, 2.24) is 0 Å². The van der Waals surface area contributed by atoms with Gasteiger partial charge < -0.3 is 5.11 Å². The third kappa shape index (κ3) is 1.31. The Bertz CT molecular complexity index is 316. The van der Waals surface area contributed by atoms with Crippen molar-refractivity contribution in [3.63, 3.8) is 0 Å². The molecule has 62 valence electrons. The zero-order chi connectivity index (χ0) is 8.39. The van der Waals surface area contributed by atoms with E-state index in [1.807, 2.05) is 23.6 Å². The summed E-state index contributed by atoms with van der Waals surface area (Å²) in [5, 5.41) is 18.6. The average Bonchev–Trinajstić information content (AvgIpc) is 2.75. The molecular formula is C8H8N2OS. The highest BCUT2D eigenvalue weighted by molar-refractivity contribution is 7.10.